The van der Waals surface area contributed by atoms with Gasteiger partial charge in [0, 0.05) is 19.2 Å². The summed E-state index contributed by atoms with van der Waals surface area (Å²) in [7, 11) is 3.40. The van der Waals surface area contributed by atoms with E-state index in [4.69, 9.17) is 9.84 Å². The quantitative estimate of drug-likeness (QED) is 0.878. The van der Waals surface area contributed by atoms with Crippen LogP contribution in [-0.2, 0) is 16.8 Å². The molecule has 25 heavy (non-hydrogen) atoms. The third-order valence-electron chi connectivity index (χ3n) is 4.75. The molecule has 0 unspecified atom stereocenters. The first-order valence-corrected chi connectivity index (χ1v) is 8.19. The normalized spacial score (nSPS) is 14.6. The van der Waals surface area contributed by atoms with Crippen molar-refractivity contribution in [3.63, 3.8) is 0 Å². The molecule has 2 aromatic rings. The van der Waals surface area contributed by atoms with E-state index < -0.39 is 11.4 Å². The van der Waals surface area contributed by atoms with Gasteiger partial charge in [-0.3, -0.25) is 4.79 Å². The Labute approximate surface area is 146 Å². The zero-order valence-electron chi connectivity index (χ0n) is 14.4. The molecule has 5 heteroatoms. The Morgan fingerprint density at radius 1 is 1.12 bits per heavy atom. The van der Waals surface area contributed by atoms with Gasteiger partial charge in [0.2, 0.25) is 5.91 Å². The van der Waals surface area contributed by atoms with Crippen LogP contribution < -0.4 is 4.74 Å². The van der Waals surface area contributed by atoms with Crippen molar-refractivity contribution in [1.82, 2.24) is 4.90 Å². The van der Waals surface area contributed by atoms with Crippen LogP contribution in [-0.4, -0.2) is 36.0 Å². The largest absolute Gasteiger partial charge is 0.496 e. The summed E-state index contributed by atoms with van der Waals surface area (Å²) >= 11 is 0. The van der Waals surface area contributed by atoms with E-state index >= 15 is 0 Å². The molecule has 0 atom stereocenters. The highest BCUT2D eigenvalue weighted by Crippen LogP contribution is 2.52. The van der Waals surface area contributed by atoms with Gasteiger partial charge in [0.1, 0.15) is 5.75 Å². The van der Waals surface area contributed by atoms with Crippen LogP contribution in [0.3, 0.4) is 0 Å². The lowest BCUT2D eigenvalue weighted by atomic mass is 9.93. The van der Waals surface area contributed by atoms with Crippen molar-refractivity contribution in [2.75, 3.05) is 14.2 Å². The van der Waals surface area contributed by atoms with Crippen LogP contribution in [0.4, 0.5) is 0 Å². The fraction of sp³-hybridized carbons (Fsp3) is 0.300. The van der Waals surface area contributed by atoms with E-state index in [1.54, 1.807) is 43.3 Å². The number of hydrogen-bond donors (Lipinski definition) is 1. The van der Waals surface area contributed by atoms with Crippen molar-refractivity contribution in [3.05, 3.63) is 65.2 Å². The number of para-hydroxylation sites is 1. The molecule has 130 valence electrons. The van der Waals surface area contributed by atoms with Crippen molar-refractivity contribution in [2.45, 2.75) is 24.8 Å². The first kappa shape index (κ1) is 17.0. The summed E-state index contributed by atoms with van der Waals surface area (Å²) in [4.78, 5) is 25.7. The maximum absolute atomic E-state index is 13.1. The van der Waals surface area contributed by atoms with E-state index in [0.717, 1.165) is 29.7 Å². The van der Waals surface area contributed by atoms with Gasteiger partial charge in [0.25, 0.3) is 0 Å². The second-order valence-corrected chi connectivity index (χ2v) is 6.45. The number of hydrogen-bond acceptors (Lipinski definition) is 3. The SMILES string of the molecule is COc1ccccc1C1(C(=O)N(C)Cc2ccc(C(=O)O)cc2)CC1. The molecule has 3 rings (SSSR count). The Hall–Kier alpha value is -2.82. The molecule has 1 N–H and O–H groups in total. The number of likely N-dealkylation sites (N-methyl/N-ethyl adjacent to an activating group) is 1. The van der Waals surface area contributed by atoms with Crippen LogP contribution in [0.5, 0.6) is 5.75 Å². The van der Waals surface area contributed by atoms with Gasteiger partial charge in [-0.25, -0.2) is 4.79 Å². The van der Waals surface area contributed by atoms with E-state index in [0.29, 0.717) is 6.54 Å². The molecule has 1 fully saturated rings. The summed E-state index contributed by atoms with van der Waals surface area (Å²) < 4.78 is 5.43. The Morgan fingerprint density at radius 2 is 1.76 bits per heavy atom. The van der Waals surface area contributed by atoms with E-state index in [2.05, 4.69) is 0 Å². The van der Waals surface area contributed by atoms with Crippen molar-refractivity contribution in [2.24, 2.45) is 0 Å². The van der Waals surface area contributed by atoms with Crippen LogP contribution in [0.1, 0.15) is 34.3 Å². The highest BCUT2D eigenvalue weighted by Gasteiger charge is 2.53. The summed E-state index contributed by atoms with van der Waals surface area (Å²) in [6, 6.07) is 14.3. The monoisotopic (exact) mass is 339 g/mol. The van der Waals surface area contributed by atoms with Gasteiger partial charge in [-0.1, -0.05) is 30.3 Å². The maximum Gasteiger partial charge on any atom is 0.335 e. The summed E-state index contributed by atoms with van der Waals surface area (Å²) in [6.45, 7) is 0.440. The number of benzene rings is 2. The lowest BCUT2D eigenvalue weighted by molar-refractivity contribution is -0.133. The van der Waals surface area contributed by atoms with Crippen molar-refractivity contribution in [1.29, 1.82) is 0 Å². The number of carbonyl (C=O) groups excluding carboxylic acids is 1. The van der Waals surface area contributed by atoms with Crippen LogP contribution >= 0.6 is 0 Å². The summed E-state index contributed by atoms with van der Waals surface area (Å²) in [5, 5.41) is 8.96. The topological polar surface area (TPSA) is 66.8 Å². The Balaban J connectivity index is 1.77. The number of aromatic carboxylic acids is 1. The number of rotatable bonds is 6. The zero-order chi connectivity index (χ0) is 18.0. The van der Waals surface area contributed by atoms with Gasteiger partial charge < -0.3 is 14.7 Å². The third kappa shape index (κ3) is 3.22. The van der Waals surface area contributed by atoms with Gasteiger partial charge in [0.05, 0.1) is 18.1 Å². The van der Waals surface area contributed by atoms with Gasteiger partial charge in [0.15, 0.2) is 0 Å². The van der Waals surface area contributed by atoms with E-state index in [1.807, 2.05) is 24.3 Å². The minimum absolute atomic E-state index is 0.0688. The average Bonchev–Trinajstić information content (AvgIpc) is 3.43. The summed E-state index contributed by atoms with van der Waals surface area (Å²) in [6.07, 6.45) is 1.63. The fourth-order valence-corrected chi connectivity index (χ4v) is 3.23. The molecule has 1 aliphatic carbocycles. The Morgan fingerprint density at radius 3 is 2.32 bits per heavy atom. The first-order valence-electron chi connectivity index (χ1n) is 8.19. The third-order valence-corrected chi connectivity index (χ3v) is 4.75. The molecule has 0 bridgehead atoms. The van der Waals surface area contributed by atoms with Crippen LogP contribution in [0.2, 0.25) is 0 Å². The molecule has 1 amide bonds. The summed E-state index contributed by atoms with van der Waals surface area (Å²) in [5.74, 6) is -0.143. The van der Waals surface area contributed by atoms with Crippen LogP contribution in [0.25, 0.3) is 0 Å². The summed E-state index contributed by atoms with van der Waals surface area (Å²) in [5.41, 5.74) is 1.58. The van der Waals surface area contributed by atoms with Crippen molar-refractivity contribution in [3.8, 4) is 5.75 Å². The standard InChI is InChI=1S/C20H21NO4/c1-21(13-14-7-9-15(10-8-14)18(22)23)19(24)20(11-12-20)16-5-3-4-6-17(16)25-2/h3-10H,11-13H2,1-2H3,(H,22,23). The van der Waals surface area contributed by atoms with Gasteiger partial charge >= 0.3 is 5.97 Å². The lowest BCUT2D eigenvalue weighted by Crippen LogP contribution is -2.36. The molecule has 0 aromatic heterocycles. The van der Waals surface area contributed by atoms with Gasteiger partial charge in [-0.2, -0.15) is 0 Å². The van der Waals surface area contributed by atoms with E-state index in [-0.39, 0.29) is 11.5 Å². The van der Waals surface area contributed by atoms with Gasteiger partial charge in [-0.15, -0.1) is 0 Å². The smallest absolute Gasteiger partial charge is 0.335 e. The van der Waals surface area contributed by atoms with Crippen LogP contribution in [0.15, 0.2) is 48.5 Å². The van der Waals surface area contributed by atoms with Crippen molar-refractivity contribution < 1.29 is 19.4 Å². The van der Waals surface area contributed by atoms with Crippen LogP contribution in [0, 0.1) is 0 Å². The van der Waals surface area contributed by atoms with E-state index in [1.165, 1.54) is 0 Å². The van der Waals surface area contributed by atoms with Gasteiger partial charge in [-0.05, 0) is 36.6 Å². The second-order valence-electron chi connectivity index (χ2n) is 6.45. The molecule has 5 nitrogen and oxygen atoms in total. The number of methoxy groups -OCH3 is 1. The first-order chi connectivity index (χ1) is 12.0. The molecule has 0 saturated heterocycles. The maximum atomic E-state index is 13.1. The van der Waals surface area contributed by atoms with E-state index in [9.17, 15) is 9.59 Å². The molecule has 0 radical (unpaired) electrons. The lowest BCUT2D eigenvalue weighted by Gasteiger charge is -2.25. The Bertz CT molecular complexity index is 794. The van der Waals surface area contributed by atoms with Crippen molar-refractivity contribution >= 4 is 11.9 Å². The molecule has 2 aromatic carbocycles. The molecule has 0 heterocycles. The number of carboxylic acids is 1. The Kier molecular flexibility index (Phi) is 4.49. The molecule has 1 saturated carbocycles. The number of carbonyl (C=O) groups is 2. The average molecular weight is 339 g/mol. The predicted molar refractivity (Wildman–Crippen MR) is 93.8 cm³/mol. The number of amides is 1. The molecular formula is C20H21NO4. The highest BCUT2D eigenvalue weighted by molar-refractivity contribution is 5.92. The fourth-order valence-electron chi connectivity index (χ4n) is 3.23. The number of ether oxygens (including phenoxy) is 1. The molecule has 0 spiro atoms. The highest BCUT2D eigenvalue weighted by atomic mass is 16.5. The number of nitrogens with zero attached hydrogens (tertiary/aromatic N) is 1. The second kappa shape index (κ2) is 6.59. The molecular weight excluding hydrogens is 318 g/mol. The minimum atomic E-state index is -0.955. The predicted octanol–water partition coefficient (Wildman–Crippen LogP) is 3.08. The molecule has 1 aliphatic rings. The zero-order valence-corrected chi connectivity index (χ0v) is 14.4. The molecule has 0 aliphatic heterocycles. The minimum Gasteiger partial charge on any atom is -0.496 e. The number of carboxylic acid groups (broad SMARTS) is 1.